The highest BCUT2D eigenvalue weighted by Crippen LogP contribution is 2.20. The van der Waals surface area contributed by atoms with Crippen LogP contribution in [-0.2, 0) is 16.0 Å². The Labute approximate surface area is 122 Å². The Balaban J connectivity index is 1.62. The summed E-state index contributed by atoms with van der Waals surface area (Å²) in [4.78, 5) is 16.2. The number of nitrogens with one attached hydrogen (secondary N) is 2. The van der Waals surface area contributed by atoms with Crippen LogP contribution in [0.15, 0.2) is 22.6 Å². The quantitative estimate of drug-likeness (QED) is 0.876. The molecule has 0 bridgehead atoms. The third-order valence-corrected chi connectivity index (χ3v) is 3.57. The zero-order valence-corrected chi connectivity index (χ0v) is 12.2. The molecule has 2 heterocycles. The lowest BCUT2D eigenvalue weighted by atomic mass is 10.0. The molecule has 1 saturated heterocycles. The van der Waals surface area contributed by atoms with E-state index in [1.165, 1.54) is 0 Å². The maximum Gasteiger partial charge on any atom is 0.250 e. The maximum absolute atomic E-state index is 11.9. The van der Waals surface area contributed by atoms with Crippen LogP contribution in [0.5, 0.6) is 0 Å². The van der Waals surface area contributed by atoms with Crippen molar-refractivity contribution >= 4 is 22.7 Å². The van der Waals surface area contributed by atoms with E-state index >= 15 is 0 Å². The number of carbonyl (C=O) groups excluding carboxylic acids is 1. The predicted octanol–water partition coefficient (Wildman–Crippen LogP) is 1.71. The Hall–Kier alpha value is -1.92. The van der Waals surface area contributed by atoms with Crippen molar-refractivity contribution in [2.45, 2.75) is 25.9 Å². The smallest absolute Gasteiger partial charge is 0.250 e. The number of hydrogen-bond acceptors (Lipinski definition) is 5. The number of aryl methyl sites for hydroxylation is 1. The van der Waals surface area contributed by atoms with Gasteiger partial charge in [0, 0.05) is 25.2 Å². The summed E-state index contributed by atoms with van der Waals surface area (Å²) in [5.41, 5.74) is 1.96. The van der Waals surface area contributed by atoms with Gasteiger partial charge in [0.25, 0.3) is 0 Å². The van der Waals surface area contributed by atoms with E-state index in [0.717, 1.165) is 30.6 Å². The molecule has 21 heavy (non-hydrogen) atoms. The lowest BCUT2D eigenvalue weighted by molar-refractivity contribution is -0.130. The number of oxazole rings is 1. The van der Waals surface area contributed by atoms with E-state index in [9.17, 15) is 4.79 Å². The Morgan fingerprint density at radius 2 is 2.33 bits per heavy atom. The summed E-state index contributed by atoms with van der Waals surface area (Å²) in [5.74, 6) is 0.531. The van der Waals surface area contributed by atoms with Crippen LogP contribution in [0.25, 0.3) is 11.1 Å². The summed E-state index contributed by atoms with van der Waals surface area (Å²) in [7, 11) is 0. The van der Waals surface area contributed by atoms with Crippen LogP contribution < -0.4 is 10.6 Å². The Morgan fingerprint density at radius 1 is 1.52 bits per heavy atom. The molecule has 1 aromatic heterocycles. The molecule has 1 aliphatic rings. The number of nitrogens with zero attached hydrogens (tertiary/aromatic N) is 1. The van der Waals surface area contributed by atoms with Gasteiger partial charge in [-0.3, -0.25) is 4.79 Å². The normalized spacial score (nSPS) is 16.7. The molecular weight excluding hydrogens is 270 g/mol. The van der Waals surface area contributed by atoms with Gasteiger partial charge in [0.15, 0.2) is 11.5 Å². The fourth-order valence-electron chi connectivity index (χ4n) is 2.22. The SMILES string of the molecule is CCc1nc2cc(NC(=O)COC3(C)CNC3)ccc2o1. The van der Waals surface area contributed by atoms with E-state index < -0.39 is 0 Å². The molecule has 6 nitrogen and oxygen atoms in total. The molecule has 2 N–H and O–H groups in total. The van der Waals surface area contributed by atoms with Crippen LogP contribution in [0.4, 0.5) is 5.69 Å². The van der Waals surface area contributed by atoms with Gasteiger partial charge in [0.05, 0.1) is 5.60 Å². The van der Waals surface area contributed by atoms with Crippen LogP contribution in [0.3, 0.4) is 0 Å². The van der Waals surface area contributed by atoms with Crippen molar-refractivity contribution in [2.75, 3.05) is 25.0 Å². The minimum absolute atomic E-state index is 0.0508. The fourth-order valence-corrected chi connectivity index (χ4v) is 2.22. The standard InChI is InChI=1S/C15H19N3O3/c1-3-14-18-11-6-10(4-5-12(11)21-14)17-13(19)7-20-15(2)8-16-9-15/h4-6,16H,3,7-9H2,1-2H3,(H,17,19). The zero-order valence-electron chi connectivity index (χ0n) is 12.2. The summed E-state index contributed by atoms with van der Waals surface area (Å²) >= 11 is 0. The first-order valence-electron chi connectivity index (χ1n) is 7.12. The molecule has 1 fully saturated rings. The largest absolute Gasteiger partial charge is 0.441 e. The van der Waals surface area contributed by atoms with Gasteiger partial charge in [-0.2, -0.15) is 0 Å². The van der Waals surface area contributed by atoms with Gasteiger partial charge >= 0.3 is 0 Å². The summed E-state index contributed by atoms with van der Waals surface area (Å²) < 4.78 is 11.1. The van der Waals surface area contributed by atoms with Gasteiger partial charge < -0.3 is 19.8 Å². The van der Waals surface area contributed by atoms with Crippen molar-refractivity contribution in [3.63, 3.8) is 0 Å². The summed E-state index contributed by atoms with van der Waals surface area (Å²) in [6.45, 7) is 5.59. The molecule has 1 aromatic carbocycles. The highest BCUT2D eigenvalue weighted by atomic mass is 16.5. The molecule has 112 valence electrons. The molecule has 3 rings (SSSR count). The monoisotopic (exact) mass is 289 g/mol. The molecular formula is C15H19N3O3. The van der Waals surface area contributed by atoms with Crippen molar-refractivity contribution in [3.05, 3.63) is 24.1 Å². The number of hydrogen-bond donors (Lipinski definition) is 2. The fraction of sp³-hybridized carbons (Fsp3) is 0.467. The van der Waals surface area contributed by atoms with Crippen molar-refractivity contribution in [1.82, 2.24) is 10.3 Å². The Bertz CT molecular complexity index is 661. The van der Waals surface area contributed by atoms with Crippen LogP contribution in [-0.4, -0.2) is 36.2 Å². The number of carbonyl (C=O) groups is 1. The van der Waals surface area contributed by atoms with Crippen molar-refractivity contribution in [2.24, 2.45) is 0 Å². The third-order valence-electron chi connectivity index (χ3n) is 3.57. The van der Waals surface area contributed by atoms with Gasteiger partial charge in [0.1, 0.15) is 12.1 Å². The van der Waals surface area contributed by atoms with Crippen molar-refractivity contribution < 1.29 is 13.9 Å². The summed E-state index contributed by atoms with van der Waals surface area (Å²) in [6.07, 6.45) is 0.747. The third kappa shape index (κ3) is 3.06. The number of amides is 1. The minimum atomic E-state index is -0.219. The molecule has 0 radical (unpaired) electrons. The van der Waals surface area contributed by atoms with Crippen LogP contribution >= 0.6 is 0 Å². The van der Waals surface area contributed by atoms with Gasteiger partial charge in [-0.05, 0) is 25.1 Å². The highest BCUT2D eigenvalue weighted by Gasteiger charge is 2.32. The molecule has 1 amide bonds. The van der Waals surface area contributed by atoms with Gasteiger partial charge in [-0.25, -0.2) is 4.98 Å². The van der Waals surface area contributed by atoms with Gasteiger partial charge in [-0.1, -0.05) is 6.92 Å². The topological polar surface area (TPSA) is 76.4 Å². The molecule has 0 unspecified atom stereocenters. The molecule has 0 saturated carbocycles. The zero-order chi connectivity index (χ0) is 14.9. The first-order valence-corrected chi connectivity index (χ1v) is 7.12. The molecule has 0 atom stereocenters. The highest BCUT2D eigenvalue weighted by molar-refractivity contribution is 5.93. The maximum atomic E-state index is 11.9. The van der Waals surface area contributed by atoms with Crippen molar-refractivity contribution in [3.8, 4) is 0 Å². The molecule has 0 spiro atoms. The predicted molar refractivity (Wildman–Crippen MR) is 79.2 cm³/mol. The molecule has 6 heteroatoms. The van der Waals surface area contributed by atoms with E-state index in [1.807, 2.05) is 26.0 Å². The number of fused-ring (bicyclic) bond motifs is 1. The number of benzene rings is 1. The number of aromatic nitrogens is 1. The second-order valence-electron chi connectivity index (χ2n) is 5.53. The molecule has 1 aliphatic heterocycles. The van der Waals surface area contributed by atoms with E-state index in [1.54, 1.807) is 6.07 Å². The second kappa shape index (κ2) is 5.46. The number of rotatable bonds is 5. The average Bonchev–Trinajstić information content (AvgIpc) is 2.85. The van der Waals surface area contributed by atoms with E-state index in [2.05, 4.69) is 15.6 Å². The van der Waals surface area contributed by atoms with E-state index in [0.29, 0.717) is 11.6 Å². The lowest BCUT2D eigenvalue weighted by Crippen LogP contribution is -2.59. The number of ether oxygens (including phenoxy) is 1. The van der Waals surface area contributed by atoms with E-state index in [-0.39, 0.29) is 18.1 Å². The van der Waals surface area contributed by atoms with Crippen LogP contribution in [0, 0.1) is 0 Å². The van der Waals surface area contributed by atoms with E-state index in [4.69, 9.17) is 9.15 Å². The van der Waals surface area contributed by atoms with Crippen molar-refractivity contribution in [1.29, 1.82) is 0 Å². The summed E-state index contributed by atoms with van der Waals surface area (Å²) in [5, 5.41) is 5.94. The Kier molecular flexibility index (Phi) is 3.65. The van der Waals surface area contributed by atoms with Gasteiger partial charge in [0.2, 0.25) is 5.91 Å². The lowest BCUT2D eigenvalue weighted by Gasteiger charge is -2.38. The first-order chi connectivity index (χ1) is 10.1. The second-order valence-corrected chi connectivity index (χ2v) is 5.53. The Morgan fingerprint density at radius 3 is 3.00 bits per heavy atom. The summed E-state index contributed by atoms with van der Waals surface area (Å²) in [6, 6.07) is 5.43. The average molecular weight is 289 g/mol. The van der Waals surface area contributed by atoms with Crippen LogP contribution in [0.2, 0.25) is 0 Å². The van der Waals surface area contributed by atoms with Crippen LogP contribution in [0.1, 0.15) is 19.7 Å². The molecule has 0 aliphatic carbocycles. The molecule has 2 aromatic rings. The number of anilines is 1. The van der Waals surface area contributed by atoms with Gasteiger partial charge in [-0.15, -0.1) is 0 Å². The minimum Gasteiger partial charge on any atom is -0.441 e. The first kappa shape index (κ1) is 14.0.